The predicted molar refractivity (Wildman–Crippen MR) is 80.6 cm³/mol. The van der Waals surface area contributed by atoms with Crippen LogP contribution in [0, 0.1) is 11.3 Å². The molecule has 1 fully saturated rings. The summed E-state index contributed by atoms with van der Waals surface area (Å²) in [5.41, 5.74) is 2.46. The molecular formula is C16H18N4. The van der Waals surface area contributed by atoms with Crippen molar-refractivity contribution >= 4 is 16.6 Å². The number of nitrogens with one attached hydrogen (secondary N) is 1. The highest BCUT2D eigenvalue weighted by Gasteiger charge is 2.12. The summed E-state index contributed by atoms with van der Waals surface area (Å²) >= 11 is 0. The van der Waals surface area contributed by atoms with E-state index in [1.54, 1.807) is 6.20 Å². The fourth-order valence-electron chi connectivity index (χ4n) is 2.76. The number of likely N-dealkylation sites (tertiary alicyclic amines) is 1. The highest BCUT2D eigenvalue weighted by Crippen LogP contribution is 2.25. The third-order valence-electron chi connectivity index (χ3n) is 3.82. The van der Waals surface area contributed by atoms with Crippen LogP contribution in [0.3, 0.4) is 0 Å². The first-order valence-corrected chi connectivity index (χ1v) is 7.12. The normalized spacial score (nSPS) is 15.3. The Hall–Kier alpha value is -2.12. The summed E-state index contributed by atoms with van der Waals surface area (Å²) < 4.78 is 0. The molecule has 0 saturated carbocycles. The number of anilines is 1. The van der Waals surface area contributed by atoms with Crippen molar-refractivity contribution in [2.24, 2.45) is 0 Å². The minimum atomic E-state index is 0.616. The lowest BCUT2D eigenvalue weighted by molar-refractivity contribution is 0.353. The number of pyridine rings is 1. The Labute approximate surface area is 119 Å². The SMILES string of the molecule is N#Cc1cnc2ccccc2c1NCCN1CCCC1. The number of fused-ring (bicyclic) bond motifs is 1. The highest BCUT2D eigenvalue weighted by molar-refractivity contribution is 5.93. The molecule has 4 heteroatoms. The second-order valence-corrected chi connectivity index (χ2v) is 5.15. The Morgan fingerprint density at radius 2 is 2.05 bits per heavy atom. The van der Waals surface area contributed by atoms with Crippen molar-refractivity contribution < 1.29 is 0 Å². The summed E-state index contributed by atoms with van der Waals surface area (Å²) in [6, 6.07) is 10.2. The maximum absolute atomic E-state index is 9.25. The molecule has 1 aromatic carbocycles. The first-order chi connectivity index (χ1) is 9.88. The second kappa shape index (κ2) is 5.89. The van der Waals surface area contributed by atoms with Crippen LogP contribution in [0.15, 0.2) is 30.5 Å². The minimum absolute atomic E-state index is 0.616. The van der Waals surface area contributed by atoms with E-state index >= 15 is 0 Å². The van der Waals surface area contributed by atoms with Gasteiger partial charge in [-0.3, -0.25) is 4.98 Å². The van der Waals surface area contributed by atoms with Crippen molar-refractivity contribution in [3.05, 3.63) is 36.0 Å². The molecule has 0 radical (unpaired) electrons. The van der Waals surface area contributed by atoms with E-state index in [0.29, 0.717) is 5.56 Å². The van der Waals surface area contributed by atoms with Gasteiger partial charge in [-0.25, -0.2) is 0 Å². The maximum atomic E-state index is 9.25. The van der Waals surface area contributed by atoms with E-state index in [1.165, 1.54) is 25.9 Å². The molecule has 1 saturated heterocycles. The van der Waals surface area contributed by atoms with Crippen LogP contribution in [0.2, 0.25) is 0 Å². The van der Waals surface area contributed by atoms with Crippen molar-refractivity contribution in [1.82, 2.24) is 9.88 Å². The first kappa shape index (κ1) is 12.9. The molecule has 0 unspecified atom stereocenters. The van der Waals surface area contributed by atoms with Crippen molar-refractivity contribution in [1.29, 1.82) is 5.26 Å². The van der Waals surface area contributed by atoms with Gasteiger partial charge >= 0.3 is 0 Å². The van der Waals surface area contributed by atoms with Gasteiger partial charge in [0.15, 0.2) is 0 Å². The van der Waals surface area contributed by atoms with Gasteiger partial charge in [-0.05, 0) is 32.0 Å². The van der Waals surface area contributed by atoms with Gasteiger partial charge in [0.05, 0.1) is 16.8 Å². The second-order valence-electron chi connectivity index (χ2n) is 5.15. The van der Waals surface area contributed by atoms with Crippen molar-refractivity contribution in [3.8, 4) is 6.07 Å². The average Bonchev–Trinajstić information content (AvgIpc) is 3.00. The third-order valence-corrected chi connectivity index (χ3v) is 3.82. The van der Waals surface area contributed by atoms with Crippen LogP contribution in [0.5, 0.6) is 0 Å². The Bertz CT molecular complexity index is 638. The highest BCUT2D eigenvalue weighted by atomic mass is 15.1. The zero-order valence-corrected chi connectivity index (χ0v) is 11.5. The molecule has 0 atom stereocenters. The number of hydrogen-bond acceptors (Lipinski definition) is 4. The van der Waals surface area contributed by atoms with Crippen molar-refractivity contribution in [2.75, 3.05) is 31.5 Å². The van der Waals surface area contributed by atoms with Gasteiger partial charge < -0.3 is 10.2 Å². The smallest absolute Gasteiger partial charge is 0.103 e. The van der Waals surface area contributed by atoms with Crippen molar-refractivity contribution in [3.63, 3.8) is 0 Å². The molecule has 3 rings (SSSR count). The standard InChI is InChI=1S/C16H18N4/c17-11-13-12-19-15-6-2-1-5-14(15)16(13)18-7-10-20-8-3-4-9-20/h1-2,5-6,12H,3-4,7-10H2,(H,18,19). The molecule has 1 aromatic heterocycles. The van der Waals surface area contributed by atoms with E-state index in [9.17, 15) is 5.26 Å². The van der Waals surface area contributed by atoms with Gasteiger partial charge in [0.25, 0.3) is 0 Å². The van der Waals surface area contributed by atoms with Gasteiger partial charge in [-0.15, -0.1) is 0 Å². The predicted octanol–water partition coefficient (Wildman–Crippen LogP) is 2.61. The lowest BCUT2D eigenvalue weighted by atomic mass is 10.1. The molecule has 0 aliphatic carbocycles. The number of hydrogen-bond donors (Lipinski definition) is 1. The quantitative estimate of drug-likeness (QED) is 0.924. The largest absolute Gasteiger partial charge is 0.382 e. The number of nitrogens with zero attached hydrogens (tertiary/aromatic N) is 3. The van der Waals surface area contributed by atoms with E-state index in [4.69, 9.17) is 0 Å². The average molecular weight is 266 g/mol. The van der Waals surface area contributed by atoms with Crippen LogP contribution in [-0.2, 0) is 0 Å². The monoisotopic (exact) mass is 266 g/mol. The topological polar surface area (TPSA) is 52.0 Å². The molecule has 1 aliphatic rings. The molecule has 102 valence electrons. The van der Waals surface area contributed by atoms with Crippen LogP contribution < -0.4 is 5.32 Å². The fraction of sp³-hybridized carbons (Fsp3) is 0.375. The number of aromatic nitrogens is 1. The van der Waals surface area contributed by atoms with Gasteiger partial charge in [0, 0.05) is 24.7 Å². The Balaban J connectivity index is 1.79. The molecule has 0 spiro atoms. The number of rotatable bonds is 4. The summed E-state index contributed by atoms with van der Waals surface area (Å²) in [6.45, 7) is 4.29. The van der Waals surface area contributed by atoms with Crippen LogP contribution in [0.1, 0.15) is 18.4 Å². The van der Waals surface area contributed by atoms with Gasteiger partial charge in [-0.2, -0.15) is 5.26 Å². The van der Waals surface area contributed by atoms with E-state index in [2.05, 4.69) is 21.3 Å². The molecule has 0 amide bonds. The Kier molecular flexibility index (Phi) is 3.80. The molecule has 20 heavy (non-hydrogen) atoms. The van der Waals surface area contributed by atoms with Gasteiger partial charge in [0.1, 0.15) is 6.07 Å². The van der Waals surface area contributed by atoms with E-state index in [1.807, 2.05) is 24.3 Å². The first-order valence-electron chi connectivity index (χ1n) is 7.12. The minimum Gasteiger partial charge on any atom is -0.382 e. The summed E-state index contributed by atoms with van der Waals surface area (Å²) in [6.07, 6.45) is 4.27. The molecular weight excluding hydrogens is 248 g/mol. The Morgan fingerprint density at radius 3 is 2.85 bits per heavy atom. The van der Waals surface area contributed by atoms with E-state index in [0.717, 1.165) is 29.7 Å². The molecule has 1 aliphatic heterocycles. The Morgan fingerprint density at radius 1 is 1.25 bits per heavy atom. The zero-order chi connectivity index (χ0) is 13.8. The fourth-order valence-corrected chi connectivity index (χ4v) is 2.76. The molecule has 2 heterocycles. The molecule has 4 nitrogen and oxygen atoms in total. The number of nitriles is 1. The molecule has 2 aromatic rings. The lowest BCUT2D eigenvalue weighted by Crippen LogP contribution is -2.26. The number of para-hydroxylation sites is 1. The van der Waals surface area contributed by atoms with Crippen LogP contribution >= 0.6 is 0 Å². The zero-order valence-electron chi connectivity index (χ0n) is 11.5. The lowest BCUT2D eigenvalue weighted by Gasteiger charge is -2.16. The van der Waals surface area contributed by atoms with Crippen LogP contribution in [0.4, 0.5) is 5.69 Å². The van der Waals surface area contributed by atoms with Crippen LogP contribution in [0.25, 0.3) is 10.9 Å². The third kappa shape index (κ3) is 2.59. The van der Waals surface area contributed by atoms with Gasteiger partial charge in [-0.1, -0.05) is 18.2 Å². The maximum Gasteiger partial charge on any atom is 0.103 e. The van der Waals surface area contributed by atoms with E-state index in [-0.39, 0.29) is 0 Å². The molecule has 1 N–H and O–H groups in total. The number of benzene rings is 1. The summed E-state index contributed by atoms with van der Waals surface area (Å²) in [7, 11) is 0. The summed E-state index contributed by atoms with van der Waals surface area (Å²) in [5, 5.41) is 13.7. The van der Waals surface area contributed by atoms with E-state index < -0.39 is 0 Å². The van der Waals surface area contributed by atoms with Crippen molar-refractivity contribution in [2.45, 2.75) is 12.8 Å². The summed E-state index contributed by atoms with van der Waals surface area (Å²) in [4.78, 5) is 6.79. The molecule has 0 bridgehead atoms. The van der Waals surface area contributed by atoms with Gasteiger partial charge in [0.2, 0.25) is 0 Å². The summed E-state index contributed by atoms with van der Waals surface area (Å²) in [5.74, 6) is 0. The van der Waals surface area contributed by atoms with Crippen LogP contribution in [-0.4, -0.2) is 36.1 Å².